The van der Waals surface area contributed by atoms with E-state index in [9.17, 15) is 14.7 Å². The van der Waals surface area contributed by atoms with Crippen molar-refractivity contribution in [2.75, 3.05) is 6.54 Å². The van der Waals surface area contributed by atoms with Crippen LogP contribution < -0.4 is 5.32 Å². The van der Waals surface area contributed by atoms with Gasteiger partial charge in [-0.25, -0.2) is 9.59 Å². The predicted octanol–water partition coefficient (Wildman–Crippen LogP) is 2.46. The number of hydrogen-bond acceptors (Lipinski definition) is 2. The van der Waals surface area contributed by atoms with Crippen molar-refractivity contribution in [2.24, 2.45) is 11.8 Å². The van der Waals surface area contributed by atoms with Crippen molar-refractivity contribution in [1.29, 1.82) is 0 Å². The van der Waals surface area contributed by atoms with Crippen LogP contribution in [-0.2, 0) is 4.79 Å². The van der Waals surface area contributed by atoms with Crippen LogP contribution in [0.4, 0.5) is 4.79 Å². The molecule has 1 heterocycles. The fourth-order valence-corrected chi connectivity index (χ4v) is 3.68. The third-order valence-corrected chi connectivity index (χ3v) is 4.96. The Hall–Kier alpha value is -1.26. The quantitative estimate of drug-likeness (QED) is 0.835. The van der Waals surface area contributed by atoms with E-state index in [1.54, 1.807) is 0 Å². The van der Waals surface area contributed by atoms with Gasteiger partial charge < -0.3 is 15.3 Å². The number of urea groups is 1. The second kappa shape index (κ2) is 6.46. The molecule has 0 bridgehead atoms. The highest BCUT2D eigenvalue weighted by molar-refractivity contribution is 5.83. The van der Waals surface area contributed by atoms with Crippen molar-refractivity contribution in [3.8, 4) is 0 Å². The first-order valence-electron chi connectivity index (χ1n) is 7.84. The maximum absolute atomic E-state index is 12.4. The lowest BCUT2D eigenvalue weighted by molar-refractivity contribution is -0.142. The van der Waals surface area contributed by atoms with Gasteiger partial charge in [-0.3, -0.25) is 0 Å². The topological polar surface area (TPSA) is 69.6 Å². The third kappa shape index (κ3) is 3.07. The van der Waals surface area contributed by atoms with Crippen LogP contribution in [0.15, 0.2) is 0 Å². The van der Waals surface area contributed by atoms with E-state index in [-0.39, 0.29) is 18.0 Å². The van der Waals surface area contributed by atoms with Crippen molar-refractivity contribution in [1.82, 2.24) is 10.2 Å². The number of rotatable bonds is 3. The van der Waals surface area contributed by atoms with Crippen molar-refractivity contribution in [2.45, 2.75) is 64.5 Å². The smallest absolute Gasteiger partial charge is 0.326 e. The van der Waals surface area contributed by atoms with Gasteiger partial charge in [0.1, 0.15) is 6.04 Å². The van der Waals surface area contributed by atoms with Crippen LogP contribution in [-0.4, -0.2) is 40.6 Å². The highest BCUT2D eigenvalue weighted by Gasteiger charge is 2.40. The first-order valence-corrected chi connectivity index (χ1v) is 7.84. The van der Waals surface area contributed by atoms with Crippen LogP contribution in [0.25, 0.3) is 0 Å². The minimum Gasteiger partial charge on any atom is -0.480 e. The summed E-state index contributed by atoms with van der Waals surface area (Å²) >= 11 is 0. The molecule has 5 nitrogen and oxygen atoms in total. The molecule has 114 valence electrons. The standard InChI is InChI=1S/C15H26N2O3/c1-3-11-6-4-5-7-12(11)16-15(20)17-9-8-10(2)13(17)14(18)19/h10-13H,3-9H2,1-2H3,(H,16,20)(H,18,19). The zero-order valence-corrected chi connectivity index (χ0v) is 12.5. The van der Waals surface area contributed by atoms with E-state index in [2.05, 4.69) is 12.2 Å². The van der Waals surface area contributed by atoms with E-state index in [0.717, 1.165) is 25.7 Å². The molecule has 2 N–H and O–H groups in total. The van der Waals surface area contributed by atoms with E-state index in [0.29, 0.717) is 12.5 Å². The molecule has 4 atom stereocenters. The number of carboxylic acids is 1. The molecular formula is C15H26N2O3. The zero-order chi connectivity index (χ0) is 14.7. The molecule has 2 fully saturated rings. The van der Waals surface area contributed by atoms with Crippen LogP contribution in [0, 0.1) is 11.8 Å². The Bertz CT molecular complexity index is 372. The monoisotopic (exact) mass is 282 g/mol. The SMILES string of the molecule is CCC1CCCCC1NC(=O)N1CCC(C)C1C(=O)O. The molecule has 4 unspecified atom stereocenters. The molecule has 20 heavy (non-hydrogen) atoms. The summed E-state index contributed by atoms with van der Waals surface area (Å²) in [5.41, 5.74) is 0. The Kier molecular flexibility index (Phi) is 4.89. The molecule has 0 spiro atoms. The largest absolute Gasteiger partial charge is 0.480 e. The fraction of sp³-hybridized carbons (Fsp3) is 0.867. The molecule has 2 aliphatic rings. The number of carbonyl (C=O) groups excluding carboxylic acids is 1. The maximum atomic E-state index is 12.4. The summed E-state index contributed by atoms with van der Waals surface area (Å²) in [6.07, 6.45) is 6.42. The minimum atomic E-state index is -0.888. The van der Waals surface area contributed by atoms with Crippen molar-refractivity contribution < 1.29 is 14.7 Å². The maximum Gasteiger partial charge on any atom is 0.326 e. The number of nitrogens with zero attached hydrogens (tertiary/aromatic N) is 1. The van der Waals surface area contributed by atoms with E-state index < -0.39 is 12.0 Å². The summed E-state index contributed by atoms with van der Waals surface area (Å²) in [5, 5.41) is 12.4. The second-order valence-electron chi connectivity index (χ2n) is 6.25. The Balaban J connectivity index is 1.98. The van der Waals surface area contributed by atoms with Gasteiger partial charge in [-0.2, -0.15) is 0 Å². The summed E-state index contributed by atoms with van der Waals surface area (Å²) in [5.74, 6) is -0.316. The summed E-state index contributed by atoms with van der Waals surface area (Å²) in [4.78, 5) is 25.2. The molecule has 0 aromatic rings. The molecule has 0 radical (unpaired) electrons. The van der Waals surface area contributed by atoms with Gasteiger partial charge in [0.25, 0.3) is 0 Å². The average molecular weight is 282 g/mol. The number of amides is 2. The fourth-order valence-electron chi connectivity index (χ4n) is 3.68. The molecule has 2 amide bonds. The second-order valence-corrected chi connectivity index (χ2v) is 6.25. The lowest BCUT2D eigenvalue weighted by atomic mass is 9.83. The summed E-state index contributed by atoms with van der Waals surface area (Å²) in [6.45, 7) is 4.61. The number of aliphatic carboxylic acids is 1. The van der Waals surface area contributed by atoms with E-state index in [1.165, 1.54) is 17.7 Å². The Morgan fingerprint density at radius 1 is 1.25 bits per heavy atom. The van der Waals surface area contributed by atoms with Crippen molar-refractivity contribution in [3.63, 3.8) is 0 Å². The molecule has 1 aliphatic carbocycles. The number of likely N-dealkylation sites (tertiary alicyclic amines) is 1. The van der Waals surface area contributed by atoms with Gasteiger partial charge in [0.2, 0.25) is 0 Å². The number of carbonyl (C=O) groups is 2. The summed E-state index contributed by atoms with van der Waals surface area (Å²) in [7, 11) is 0. The van der Waals surface area contributed by atoms with E-state index in [1.807, 2.05) is 6.92 Å². The van der Waals surface area contributed by atoms with Gasteiger partial charge in [0.15, 0.2) is 0 Å². The molecule has 1 saturated heterocycles. The van der Waals surface area contributed by atoms with Crippen LogP contribution >= 0.6 is 0 Å². The Labute approximate surface area is 120 Å². The van der Waals surface area contributed by atoms with Gasteiger partial charge in [-0.05, 0) is 31.1 Å². The Morgan fingerprint density at radius 3 is 2.60 bits per heavy atom. The first-order chi connectivity index (χ1) is 9.54. The molecule has 5 heteroatoms. The average Bonchev–Trinajstić information content (AvgIpc) is 2.81. The molecule has 1 saturated carbocycles. The Morgan fingerprint density at radius 2 is 1.95 bits per heavy atom. The number of hydrogen-bond donors (Lipinski definition) is 2. The molecule has 0 aromatic carbocycles. The van der Waals surface area contributed by atoms with Gasteiger partial charge in [-0.1, -0.05) is 33.1 Å². The van der Waals surface area contributed by atoms with Gasteiger partial charge >= 0.3 is 12.0 Å². The normalized spacial score (nSPS) is 34.0. The number of nitrogens with one attached hydrogen (secondary N) is 1. The first kappa shape index (κ1) is 15.1. The molecular weight excluding hydrogens is 256 g/mol. The van der Waals surface area contributed by atoms with E-state index >= 15 is 0 Å². The third-order valence-electron chi connectivity index (χ3n) is 4.96. The highest BCUT2D eigenvalue weighted by atomic mass is 16.4. The highest BCUT2D eigenvalue weighted by Crippen LogP contribution is 2.28. The van der Waals surface area contributed by atoms with Gasteiger partial charge in [-0.15, -0.1) is 0 Å². The molecule has 0 aromatic heterocycles. The minimum absolute atomic E-state index is 0.0339. The van der Waals surface area contributed by atoms with Gasteiger partial charge in [0, 0.05) is 12.6 Å². The summed E-state index contributed by atoms with van der Waals surface area (Å²) in [6, 6.07) is -0.641. The van der Waals surface area contributed by atoms with Crippen LogP contribution in [0.1, 0.15) is 52.4 Å². The van der Waals surface area contributed by atoms with Crippen molar-refractivity contribution in [3.05, 3.63) is 0 Å². The van der Waals surface area contributed by atoms with Crippen LogP contribution in [0.5, 0.6) is 0 Å². The van der Waals surface area contributed by atoms with Crippen LogP contribution in [0.3, 0.4) is 0 Å². The lowest BCUT2D eigenvalue weighted by Gasteiger charge is -2.34. The zero-order valence-electron chi connectivity index (χ0n) is 12.5. The van der Waals surface area contributed by atoms with Crippen LogP contribution in [0.2, 0.25) is 0 Å². The van der Waals surface area contributed by atoms with Crippen molar-refractivity contribution >= 4 is 12.0 Å². The summed E-state index contributed by atoms with van der Waals surface area (Å²) < 4.78 is 0. The lowest BCUT2D eigenvalue weighted by Crippen LogP contribution is -2.52. The number of carboxylic acid groups (broad SMARTS) is 1. The van der Waals surface area contributed by atoms with E-state index in [4.69, 9.17) is 0 Å². The predicted molar refractivity (Wildman–Crippen MR) is 76.5 cm³/mol. The van der Waals surface area contributed by atoms with Gasteiger partial charge in [0.05, 0.1) is 0 Å². The molecule has 1 aliphatic heterocycles. The molecule has 2 rings (SSSR count).